The molecule has 5 aromatic rings. The van der Waals surface area contributed by atoms with Crippen LogP contribution < -0.4 is 27.7 Å². The molecule has 2 atom stereocenters. The lowest BCUT2D eigenvalue weighted by atomic mass is 9.85. The number of nitrogens with two attached hydrogens (primary N) is 2. The van der Waals surface area contributed by atoms with Crippen molar-refractivity contribution in [3.05, 3.63) is 129 Å². The van der Waals surface area contributed by atoms with Crippen LogP contribution in [0.3, 0.4) is 0 Å². The van der Waals surface area contributed by atoms with Crippen molar-refractivity contribution in [2.45, 2.75) is 90.3 Å². The van der Waals surface area contributed by atoms with Gasteiger partial charge in [0.05, 0.1) is 29.0 Å². The minimum atomic E-state index is -2.02. The fraction of sp³-hybridized carbons (Fsp3) is 0.360. The number of esters is 1. The number of nitrogens with one attached hydrogen (secondary N) is 2. The maximum atomic E-state index is 14.4. The number of amides is 4. The van der Waals surface area contributed by atoms with Crippen LogP contribution in [0.25, 0.3) is 22.3 Å². The first-order chi connectivity index (χ1) is 32.7. The van der Waals surface area contributed by atoms with Crippen molar-refractivity contribution >= 4 is 52.3 Å². The molecule has 68 heavy (non-hydrogen) atoms. The number of hydrogen-bond acceptors (Lipinski definition) is 13. The normalized spacial score (nSPS) is 15.1. The number of anilines is 1. The molecule has 0 saturated carbocycles. The zero-order chi connectivity index (χ0) is 48.5. The van der Waals surface area contributed by atoms with Crippen LogP contribution >= 0.6 is 0 Å². The van der Waals surface area contributed by atoms with Gasteiger partial charge in [-0.25, -0.2) is 14.6 Å². The summed E-state index contributed by atoms with van der Waals surface area (Å²) in [7, 11) is 0. The number of aromatic nitrogens is 2. The highest BCUT2D eigenvalue weighted by Crippen LogP contribution is 2.42. The Kier molecular flexibility index (Phi) is 15.3. The zero-order valence-electron chi connectivity index (χ0n) is 38.2. The summed E-state index contributed by atoms with van der Waals surface area (Å²) in [5, 5.41) is 6.26. The molecule has 2 aliphatic rings. The van der Waals surface area contributed by atoms with E-state index in [2.05, 4.69) is 10.6 Å². The first-order valence-electron chi connectivity index (χ1n) is 22.6. The molecule has 2 aliphatic heterocycles. The fourth-order valence-corrected chi connectivity index (χ4v) is 8.60. The molecular formula is C50H55N7O11. The summed E-state index contributed by atoms with van der Waals surface area (Å²) in [6.07, 6.45) is 0.707. The van der Waals surface area contributed by atoms with E-state index in [1.54, 1.807) is 54.0 Å². The van der Waals surface area contributed by atoms with E-state index < -0.39 is 60.3 Å². The molecule has 0 bridgehead atoms. The van der Waals surface area contributed by atoms with E-state index in [-0.39, 0.29) is 49.3 Å². The highest BCUT2D eigenvalue weighted by Gasteiger charge is 2.51. The minimum absolute atomic E-state index is 0.0803. The molecule has 4 heterocycles. The second-order valence-corrected chi connectivity index (χ2v) is 16.9. The molecule has 7 rings (SSSR count). The number of cyclic esters (lactones) is 1. The third kappa shape index (κ3) is 10.6. The van der Waals surface area contributed by atoms with Gasteiger partial charge in [-0.1, -0.05) is 55.5 Å². The van der Waals surface area contributed by atoms with Gasteiger partial charge in [0.1, 0.15) is 32.5 Å². The van der Waals surface area contributed by atoms with Gasteiger partial charge in [0.15, 0.2) is 0 Å². The van der Waals surface area contributed by atoms with E-state index in [9.17, 15) is 33.6 Å². The lowest BCUT2D eigenvalue weighted by Crippen LogP contribution is -2.47. The number of benzene rings is 3. The van der Waals surface area contributed by atoms with Crippen molar-refractivity contribution in [2.24, 2.45) is 11.5 Å². The number of pyridine rings is 2. The van der Waals surface area contributed by atoms with E-state index in [1.165, 1.54) is 0 Å². The van der Waals surface area contributed by atoms with E-state index in [4.69, 9.17) is 35.4 Å². The van der Waals surface area contributed by atoms with Crippen LogP contribution in [0.5, 0.6) is 0 Å². The molecule has 18 heteroatoms. The van der Waals surface area contributed by atoms with Crippen molar-refractivity contribution in [3.8, 4) is 11.4 Å². The van der Waals surface area contributed by atoms with Crippen LogP contribution in [0.4, 0.5) is 10.5 Å². The summed E-state index contributed by atoms with van der Waals surface area (Å²) in [4.78, 5) is 98.8. The summed E-state index contributed by atoms with van der Waals surface area (Å²) in [5.41, 5.74) is 13.5. The predicted molar refractivity (Wildman–Crippen MR) is 250 cm³/mol. The topological polar surface area (TPSA) is 254 Å². The monoisotopic (exact) mass is 929 g/mol. The van der Waals surface area contributed by atoms with Crippen molar-refractivity contribution in [2.75, 3.05) is 31.6 Å². The fourth-order valence-electron chi connectivity index (χ4n) is 8.60. The van der Waals surface area contributed by atoms with Gasteiger partial charge in [-0.2, -0.15) is 0 Å². The first-order valence-corrected chi connectivity index (χ1v) is 22.6. The quantitative estimate of drug-likeness (QED) is 0.0605. The Morgan fingerprint density at radius 1 is 0.941 bits per heavy atom. The maximum absolute atomic E-state index is 14.4. The van der Waals surface area contributed by atoms with Crippen LogP contribution in [0, 0.1) is 0 Å². The molecule has 6 N–H and O–H groups in total. The number of ether oxygens (including phenoxy) is 4. The largest absolute Gasteiger partial charge is 0.510 e. The number of nitrogens with zero attached hydrogens (tertiary/aromatic N) is 3. The summed E-state index contributed by atoms with van der Waals surface area (Å²) >= 11 is 0. The Labute approximate surface area is 392 Å². The Morgan fingerprint density at radius 3 is 2.38 bits per heavy atom. The van der Waals surface area contributed by atoms with Crippen LogP contribution in [-0.4, -0.2) is 88.6 Å². The summed E-state index contributed by atoms with van der Waals surface area (Å²) in [6.45, 7) is 5.09. The molecule has 0 fully saturated rings. The van der Waals surface area contributed by atoms with Gasteiger partial charge in [0.2, 0.25) is 23.3 Å². The van der Waals surface area contributed by atoms with Gasteiger partial charge in [-0.05, 0) is 100 Å². The van der Waals surface area contributed by atoms with Gasteiger partial charge in [0, 0.05) is 40.4 Å². The average Bonchev–Trinajstić information content (AvgIpc) is 3.70. The highest BCUT2D eigenvalue weighted by molar-refractivity contribution is 5.97. The van der Waals surface area contributed by atoms with E-state index in [0.29, 0.717) is 72.5 Å². The molecule has 0 aliphatic carbocycles. The van der Waals surface area contributed by atoms with Gasteiger partial charge >= 0.3 is 12.1 Å². The molecule has 18 nitrogen and oxygen atoms in total. The Balaban J connectivity index is 1.08. The standard InChI is InChI=1S/C50H55N7O11/c1-4-50(68-49(64)67-26-31-17-19-33(20-18-31)53-45(60)40(16-10-11-22-51)54-43(59)29-65-28-42(52)58)38-24-41-44-36(25-57(41)47(62)37(38)27-66-48(50)63)34(35-14-8-9-15-39(35)55-44)21-23-56(30(2)3)46(61)32-12-6-5-7-13-32/h5-9,12-15,17-20,24,30,40H,4,10-11,16,21-23,25-29,51H2,1-3H3,(H2,52,58)(H,53,60)(H,54,59)/t40-,50-/m0/s1. The van der Waals surface area contributed by atoms with E-state index >= 15 is 0 Å². The Hall–Kier alpha value is -7.44. The molecule has 3 aromatic carbocycles. The van der Waals surface area contributed by atoms with Crippen LogP contribution in [0.1, 0.15) is 84.6 Å². The molecule has 356 valence electrons. The van der Waals surface area contributed by atoms with Crippen LogP contribution in [0.15, 0.2) is 89.7 Å². The lowest BCUT2D eigenvalue weighted by Gasteiger charge is -2.35. The second-order valence-electron chi connectivity index (χ2n) is 16.9. The third-order valence-electron chi connectivity index (χ3n) is 12.1. The van der Waals surface area contributed by atoms with Crippen molar-refractivity contribution in [1.29, 1.82) is 0 Å². The number of para-hydroxylation sites is 1. The number of unbranched alkanes of at least 4 members (excludes halogenated alkanes) is 1. The summed E-state index contributed by atoms with van der Waals surface area (Å²) in [6, 6.07) is 23.9. The number of rotatable bonds is 20. The first kappa shape index (κ1) is 48.5. The molecule has 0 spiro atoms. The smallest absolute Gasteiger partial charge is 0.457 e. The van der Waals surface area contributed by atoms with E-state index in [0.717, 1.165) is 16.5 Å². The van der Waals surface area contributed by atoms with Gasteiger partial charge < -0.3 is 50.5 Å². The van der Waals surface area contributed by atoms with Gasteiger partial charge in [0.25, 0.3) is 11.5 Å². The molecule has 4 amide bonds. The minimum Gasteiger partial charge on any atom is -0.457 e. The summed E-state index contributed by atoms with van der Waals surface area (Å²) < 4.78 is 23.5. The molecular weight excluding hydrogens is 875 g/mol. The van der Waals surface area contributed by atoms with Crippen molar-refractivity contribution in [3.63, 3.8) is 0 Å². The third-order valence-corrected chi connectivity index (χ3v) is 12.1. The SMILES string of the molecule is CC[C@@]1(OC(=O)OCc2ccc(NC(=O)[C@H](CCCCN)NC(=O)COCC(N)=O)cc2)C(=O)OCc2c1cc1n(c2=O)Cc2c-1nc1ccccc1c2CCN(C(=O)c1ccccc1)C(C)C. The van der Waals surface area contributed by atoms with Crippen LogP contribution in [-0.2, 0) is 69.9 Å². The Morgan fingerprint density at radius 2 is 1.68 bits per heavy atom. The number of hydrogen-bond donors (Lipinski definition) is 4. The van der Waals surface area contributed by atoms with Crippen LogP contribution in [0.2, 0.25) is 0 Å². The Bertz CT molecular complexity index is 2780. The highest BCUT2D eigenvalue weighted by atomic mass is 16.7. The molecule has 0 saturated heterocycles. The number of primary amides is 1. The molecule has 2 aromatic heterocycles. The molecule has 0 radical (unpaired) electrons. The lowest BCUT2D eigenvalue weighted by molar-refractivity contribution is -0.175. The van der Waals surface area contributed by atoms with Gasteiger partial charge in [-0.15, -0.1) is 0 Å². The number of carbonyl (C=O) groups is 6. The molecule has 0 unspecified atom stereocenters. The van der Waals surface area contributed by atoms with Crippen molar-refractivity contribution < 1.29 is 47.7 Å². The number of carbonyl (C=O) groups excluding carboxylic acids is 6. The van der Waals surface area contributed by atoms with Crippen molar-refractivity contribution in [1.82, 2.24) is 19.8 Å². The summed E-state index contributed by atoms with van der Waals surface area (Å²) in [5.74, 6) is -2.77. The number of fused-ring (bicyclic) bond motifs is 5. The van der Waals surface area contributed by atoms with E-state index in [1.807, 2.05) is 61.2 Å². The zero-order valence-corrected chi connectivity index (χ0v) is 38.2. The van der Waals surface area contributed by atoms with Gasteiger partial charge in [-0.3, -0.25) is 24.0 Å². The predicted octanol–water partition coefficient (Wildman–Crippen LogP) is 4.59. The maximum Gasteiger partial charge on any atom is 0.510 e. The average molecular weight is 930 g/mol. The second kappa shape index (κ2) is 21.5.